The van der Waals surface area contributed by atoms with Crippen LogP contribution < -0.4 is 4.74 Å². The number of ether oxygens (including phenoxy) is 1. The predicted molar refractivity (Wildman–Crippen MR) is 49.7 cm³/mol. The number of benzene rings is 1. The summed E-state index contributed by atoms with van der Waals surface area (Å²) in [6, 6.07) is 5.94. The van der Waals surface area contributed by atoms with Gasteiger partial charge in [0.25, 0.3) is 0 Å². The highest BCUT2D eigenvalue weighted by Gasteiger charge is 2.06. The van der Waals surface area contributed by atoms with E-state index in [0.717, 1.165) is 6.08 Å². The average Bonchev–Trinajstić information content (AvgIpc) is 2.15. The molecule has 5 heteroatoms. The predicted octanol–water partition coefficient (Wildman–Crippen LogP) is 2.39. The molecule has 0 radical (unpaired) electrons. The topological polar surface area (TPSA) is 46.5 Å². The summed E-state index contributed by atoms with van der Waals surface area (Å²) in [5, 5.41) is 8.37. The van der Waals surface area contributed by atoms with Crippen LogP contribution in [0.3, 0.4) is 0 Å². The molecule has 0 atom stereocenters. The second-order valence-corrected chi connectivity index (χ2v) is 2.59. The molecule has 1 rings (SSSR count). The van der Waals surface area contributed by atoms with Crippen LogP contribution in [0, 0.1) is 0 Å². The molecule has 0 saturated heterocycles. The van der Waals surface area contributed by atoms with Gasteiger partial charge in [-0.15, -0.1) is 0 Å². The molecule has 0 fully saturated rings. The Labute approximate surface area is 84.6 Å². The van der Waals surface area contributed by atoms with Crippen molar-refractivity contribution in [2.45, 2.75) is 6.61 Å². The van der Waals surface area contributed by atoms with E-state index in [1.165, 1.54) is 24.3 Å². The molecule has 0 amide bonds. The molecule has 0 spiro atoms. The maximum absolute atomic E-state index is 11.9. The second kappa shape index (κ2) is 5.09. The molecule has 0 aromatic heterocycles. The second-order valence-electron chi connectivity index (χ2n) is 2.59. The lowest BCUT2D eigenvalue weighted by Crippen LogP contribution is -2.03. The number of carboxylic acids is 1. The normalized spacial score (nSPS) is 10.9. The average molecular weight is 214 g/mol. The minimum absolute atomic E-state index is 0.0509. The fourth-order valence-corrected chi connectivity index (χ4v) is 0.983. The number of alkyl halides is 2. The molecule has 0 aliphatic rings. The first-order chi connectivity index (χ1) is 7.09. The monoisotopic (exact) mass is 214 g/mol. The van der Waals surface area contributed by atoms with Crippen molar-refractivity contribution in [1.29, 1.82) is 0 Å². The summed E-state index contributed by atoms with van der Waals surface area (Å²) in [7, 11) is 0. The number of carbonyl (C=O) groups is 1. The summed E-state index contributed by atoms with van der Waals surface area (Å²) in [6.07, 6.45) is 2.05. The van der Waals surface area contributed by atoms with E-state index in [9.17, 15) is 13.6 Å². The summed E-state index contributed by atoms with van der Waals surface area (Å²) < 4.78 is 28.1. The summed E-state index contributed by atoms with van der Waals surface area (Å²) in [5.74, 6) is -1.20. The Morgan fingerprint density at radius 1 is 1.40 bits per heavy atom. The lowest BCUT2D eigenvalue weighted by atomic mass is 10.2. The first kappa shape index (κ1) is 11.2. The molecule has 80 valence electrons. The van der Waals surface area contributed by atoms with Gasteiger partial charge in [0.2, 0.25) is 0 Å². The highest BCUT2D eigenvalue weighted by atomic mass is 19.3. The number of halogens is 2. The summed E-state index contributed by atoms with van der Waals surface area (Å²) in [4.78, 5) is 10.2. The van der Waals surface area contributed by atoms with Crippen LogP contribution in [0.15, 0.2) is 30.3 Å². The van der Waals surface area contributed by atoms with Gasteiger partial charge in [-0.2, -0.15) is 8.78 Å². The third-order valence-corrected chi connectivity index (χ3v) is 1.54. The third kappa shape index (κ3) is 3.76. The number of hydrogen-bond donors (Lipinski definition) is 1. The van der Waals surface area contributed by atoms with Gasteiger partial charge >= 0.3 is 12.6 Å². The van der Waals surface area contributed by atoms with Crippen molar-refractivity contribution in [3.05, 3.63) is 35.9 Å². The molecule has 15 heavy (non-hydrogen) atoms. The van der Waals surface area contributed by atoms with E-state index in [4.69, 9.17) is 5.11 Å². The zero-order valence-corrected chi connectivity index (χ0v) is 7.56. The Balaban J connectivity index is 2.91. The van der Waals surface area contributed by atoms with Crippen LogP contribution in [-0.4, -0.2) is 17.7 Å². The van der Waals surface area contributed by atoms with Crippen LogP contribution in [0.4, 0.5) is 8.78 Å². The van der Waals surface area contributed by atoms with E-state index >= 15 is 0 Å². The Hall–Kier alpha value is -1.91. The Bertz CT molecular complexity index is 375. The van der Waals surface area contributed by atoms with Crippen molar-refractivity contribution in [1.82, 2.24) is 0 Å². The van der Waals surface area contributed by atoms with Crippen LogP contribution in [-0.2, 0) is 4.79 Å². The zero-order valence-electron chi connectivity index (χ0n) is 7.56. The minimum Gasteiger partial charge on any atom is -0.478 e. The molecule has 1 aromatic rings. The number of carboxylic acid groups (broad SMARTS) is 1. The Morgan fingerprint density at radius 3 is 2.67 bits per heavy atom. The quantitative estimate of drug-likeness (QED) is 0.782. The smallest absolute Gasteiger partial charge is 0.387 e. The Morgan fingerprint density at radius 2 is 2.07 bits per heavy atom. The van der Waals surface area contributed by atoms with Gasteiger partial charge in [0, 0.05) is 11.6 Å². The molecule has 0 unspecified atom stereocenters. The van der Waals surface area contributed by atoms with Crippen molar-refractivity contribution >= 4 is 12.0 Å². The number of para-hydroxylation sites is 1. The highest BCUT2D eigenvalue weighted by Crippen LogP contribution is 2.21. The molecule has 1 N–H and O–H groups in total. The maximum Gasteiger partial charge on any atom is 0.387 e. The summed E-state index contributed by atoms with van der Waals surface area (Å²) in [6.45, 7) is -2.93. The van der Waals surface area contributed by atoms with Gasteiger partial charge in [-0.1, -0.05) is 18.2 Å². The van der Waals surface area contributed by atoms with E-state index in [1.807, 2.05) is 0 Å². The van der Waals surface area contributed by atoms with E-state index in [1.54, 1.807) is 6.07 Å². The van der Waals surface area contributed by atoms with Gasteiger partial charge in [0.05, 0.1) is 0 Å². The van der Waals surface area contributed by atoms with Crippen LogP contribution >= 0.6 is 0 Å². The third-order valence-electron chi connectivity index (χ3n) is 1.54. The summed E-state index contributed by atoms with van der Waals surface area (Å²) >= 11 is 0. The van der Waals surface area contributed by atoms with Crippen LogP contribution in [0.25, 0.3) is 6.08 Å². The molecule has 0 bridgehead atoms. The lowest BCUT2D eigenvalue weighted by Gasteiger charge is -2.06. The molecule has 3 nitrogen and oxygen atoms in total. The van der Waals surface area contributed by atoms with Crippen LogP contribution in [0.1, 0.15) is 5.56 Å². The van der Waals surface area contributed by atoms with Crippen LogP contribution in [0.5, 0.6) is 5.75 Å². The van der Waals surface area contributed by atoms with E-state index in [-0.39, 0.29) is 5.75 Å². The molecular formula is C10H8F2O3. The molecule has 0 saturated carbocycles. The van der Waals surface area contributed by atoms with Crippen molar-refractivity contribution in [3.63, 3.8) is 0 Å². The standard InChI is InChI=1S/C10H8F2O3/c11-10(12)15-8-4-2-1-3-7(8)5-6-9(13)14/h1-6,10H,(H,13,14)/b6-5-. The summed E-state index contributed by atoms with van der Waals surface area (Å²) in [5.41, 5.74) is 0.292. The van der Waals surface area contributed by atoms with Gasteiger partial charge < -0.3 is 9.84 Å². The number of hydrogen-bond acceptors (Lipinski definition) is 2. The Kier molecular flexibility index (Phi) is 3.79. The van der Waals surface area contributed by atoms with Crippen molar-refractivity contribution in [2.24, 2.45) is 0 Å². The largest absolute Gasteiger partial charge is 0.478 e. The van der Waals surface area contributed by atoms with Gasteiger partial charge in [-0.05, 0) is 12.1 Å². The molecular weight excluding hydrogens is 206 g/mol. The van der Waals surface area contributed by atoms with Gasteiger partial charge in [-0.3, -0.25) is 0 Å². The highest BCUT2D eigenvalue weighted by molar-refractivity contribution is 5.85. The molecule has 0 aliphatic heterocycles. The SMILES string of the molecule is O=C(O)/C=C\c1ccccc1OC(F)F. The molecule has 0 heterocycles. The van der Waals surface area contributed by atoms with Gasteiger partial charge in [-0.25, -0.2) is 4.79 Å². The van der Waals surface area contributed by atoms with Gasteiger partial charge in [0.1, 0.15) is 5.75 Å². The fraction of sp³-hybridized carbons (Fsp3) is 0.100. The van der Waals surface area contributed by atoms with Crippen molar-refractivity contribution in [2.75, 3.05) is 0 Å². The van der Waals surface area contributed by atoms with Crippen molar-refractivity contribution in [3.8, 4) is 5.75 Å². The van der Waals surface area contributed by atoms with Gasteiger partial charge in [0.15, 0.2) is 0 Å². The number of aliphatic carboxylic acids is 1. The minimum atomic E-state index is -2.93. The first-order valence-corrected chi connectivity index (χ1v) is 4.04. The van der Waals surface area contributed by atoms with Crippen LogP contribution in [0.2, 0.25) is 0 Å². The van der Waals surface area contributed by atoms with E-state index in [0.29, 0.717) is 5.56 Å². The fourth-order valence-electron chi connectivity index (χ4n) is 0.983. The van der Waals surface area contributed by atoms with E-state index < -0.39 is 12.6 Å². The molecule has 0 aliphatic carbocycles. The maximum atomic E-state index is 11.9. The lowest BCUT2D eigenvalue weighted by molar-refractivity contribution is -0.131. The first-order valence-electron chi connectivity index (χ1n) is 4.04. The van der Waals surface area contributed by atoms with Crippen molar-refractivity contribution < 1.29 is 23.4 Å². The zero-order chi connectivity index (χ0) is 11.3. The molecule has 1 aromatic carbocycles. The van der Waals surface area contributed by atoms with E-state index in [2.05, 4.69) is 4.74 Å². The number of rotatable bonds is 4.